The molecule has 7 nitrogen and oxygen atoms in total. The fourth-order valence-electron chi connectivity index (χ4n) is 1.64. The minimum Gasteiger partial charge on any atom is -0.377 e. The minimum absolute atomic E-state index is 0.0763. The van der Waals surface area contributed by atoms with Crippen molar-refractivity contribution < 1.29 is 18.1 Å². The first-order chi connectivity index (χ1) is 9.25. The highest BCUT2D eigenvalue weighted by Crippen LogP contribution is 2.27. The maximum atomic E-state index is 11.4. The van der Waals surface area contributed by atoms with E-state index < -0.39 is 14.8 Å². The molecule has 0 spiro atoms. The van der Waals surface area contributed by atoms with Gasteiger partial charge >= 0.3 is 0 Å². The zero-order valence-electron chi connectivity index (χ0n) is 11.6. The van der Waals surface area contributed by atoms with Gasteiger partial charge in [-0.05, 0) is 26.0 Å². The van der Waals surface area contributed by atoms with Crippen LogP contribution in [0.3, 0.4) is 0 Å². The van der Waals surface area contributed by atoms with Crippen LogP contribution in [-0.4, -0.2) is 38.9 Å². The van der Waals surface area contributed by atoms with Gasteiger partial charge in [0.1, 0.15) is 5.69 Å². The summed E-state index contributed by atoms with van der Waals surface area (Å²) in [5, 5.41) is 13.9. The van der Waals surface area contributed by atoms with E-state index in [1.807, 2.05) is 13.8 Å². The zero-order chi connectivity index (χ0) is 15.3. The molecule has 0 bridgehead atoms. The van der Waals surface area contributed by atoms with Gasteiger partial charge in [-0.1, -0.05) is 0 Å². The number of hydrogen-bond donors (Lipinski definition) is 1. The third kappa shape index (κ3) is 4.46. The molecule has 1 aromatic rings. The molecule has 0 aromatic heterocycles. The number of anilines is 1. The van der Waals surface area contributed by atoms with Gasteiger partial charge in [0.05, 0.1) is 15.9 Å². The molecular formula is C12H18N2O5S. The normalized spacial score (nSPS) is 12.9. The van der Waals surface area contributed by atoms with Gasteiger partial charge in [-0.3, -0.25) is 10.1 Å². The number of nitrogens with one attached hydrogen (secondary N) is 1. The third-order valence-corrected chi connectivity index (χ3v) is 3.74. The molecule has 8 heteroatoms. The summed E-state index contributed by atoms with van der Waals surface area (Å²) < 4.78 is 28.1. The minimum atomic E-state index is -3.47. The number of hydrogen-bond acceptors (Lipinski definition) is 6. The van der Waals surface area contributed by atoms with E-state index >= 15 is 0 Å². The van der Waals surface area contributed by atoms with Crippen molar-refractivity contribution in [2.75, 3.05) is 24.7 Å². The van der Waals surface area contributed by atoms with Crippen LogP contribution < -0.4 is 5.32 Å². The Balaban J connectivity index is 3.00. The van der Waals surface area contributed by atoms with Crippen LogP contribution in [0.15, 0.2) is 23.1 Å². The number of nitrogens with zero attached hydrogens (tertiary/aromatic N) is 1. The van der Waals surface area contributed by atoms with Gasteiger partial charge in [-0.15, -0.1) is 0 Å². The monoisotopic (exact) mass is 302 g/mol. The Morgan fingerprint density at radius 3 is 2.60 bits per heavy atom. The van der Waals surface area contributed by atoms with Crippen molar-refractivity contribution in [2.45, 2.75) is 24.8 Å². The molecule has 0 aliphatic heterocycles. The van der Waals surface area contributed by atoms with Crippen molar-refractivity contribution in [1.82, 2.24) is 0 Å². The maximum absolute atomic E-state index is 11.4. The zero-order valence-corrected chi connectivity index (χ0v) is 12.4. The summed E-state index contributed by atoms with van der Waals surface area (Å²) in [6.45, 7) is 4.65. The largest absolute Gasteiger partial charge is 0.377 e. The van der Waals surface area contributed by atoms with Crippen molar-refractivity contribution >= 4 is 21.2 Å². The topological polar surface area (TPSA) is 98.5 Å². The number of rotatable bonds is 7. The predicted molar refractivity (Wildman–Crippen MR) is 75.8 cm³/mol. The maximum Gasteiger partial charge on any atom is 0.293 e. The summed E-state index contributed by atoms with van der Waals surface area (Å²) in [4.78, 5) is 10.3. The molecule has 0 fully saturated rings. The molecule has 0 saturated heterocycles. The second-order valence-corrected chi connectivity index (χ2v) is 6.37. The number of nitro benzene ring substituents is 1. The highest BCUT2D eigenvalue weighted by molar-refractivity contribution is 7.90. The molecule has 1 unspecified atom stereocenters. The Hall–Kier alpha value is -1.67. The van der Waals surface area contributed by atoms with Crippen LogP contribution in [-0.2, 0) is 14.6 Å². The number of ether oxygens (including phenoxy) is 1. The average Bonchev–Trinajstić information content (AvgIpc) is 2.35. The first-order valence-electron chi connectivity index (χ1n) is 6.09. The lowest BCUT2D eigenvalue weighted by Crippen LogP contribution is -2.20. The first-order valence-corrected chi connectivity index (χ1v) is 7.98. The molecule has 0 saturated carbocycles. The van der Waals surface area contributed by atoms with Crippen LogP contribution in [0.25, 0.3) is 0 Å². The Morgan fingerprint density at radius 2 is 2.10 bits per heavy atom. The molecular weight excluding hydrogens is 284 g/mol. The Morgan fingerprint density at radius 1 is 1.45 bits per heavy atom. The predicted octanol–water partition coefficient (Wildman–Crippen LogP) is 1.84. The van der Waals surface area contributed by atoms with E-state index in [4.69, 9.17) is 4.74 Å². The lowest BCUT2D eigenvalue weighted by atomic mass is 10.2. The highest BCUT2D eigenvalue weighted by atomic mass is 32.2. The SMILES string of the molecule is CCOC(C)CNc1ccc(S(C)(=O)=O)cc1[N+](=O)[O-]. The Kier molecular flexibility index (Phi) is 5.46. The van der Waals surface area contributed by atoms with Crippen molar-refractivity contribution in [3.05, 3.63) is 28.3 Å². The molecule has 20 heavy (non-hydrogen) atoms. The van der Waals surface area contributed by atoms with Crippen LogP contribution in [0.4, 0.5) is 11.4 Å². The molecule has 1 N–H and O–H groups in total. The van der Waals surface area contributed by atoms with Gasteiger partial charge in [0.2, 0.25) is 0 Å². The van der Waals surface area contributed by atoms with Crippen LogP contribution in [0.2, 0.25) is 0 Å². The van der Waals surface area contributed by atoms with Crippen LogP contribution in [0.1, 0.15) is 13.8 Å². The van der Waals surface area contributed by atoms with E-state index in [0.717, 1.165) is 12.3 Å². The van der Waals surface area contributed by atoms with Crippen LogP contribution >= 0.6 is 0 Å². The summed E-state index contributed by atoms with van der Waals surface area (Å²) in [6, 6.07) is 3.80. The first kappa shape index (κ1) is 16.4. The van der Waals surface area contributed by atoms with Crippen LogP contribution in [0, 0.1) is 10.1 Å². The van der Waals surface area contributed by atoms with Crippen molar-refractivity contribution in [1.29, 1.82) is 0 Å². The molecule has 0 aliphatic carbocycles. The van der Waals surface area contributed by atoms with Gasteiger partial charge in [0.15, 0.2) is 9.84 Å². The highest BCUT2D eigenvalue weighted by Gasteiger charge is 2.18. The van der Waals surface area contributed by atoms with E-state index in [9.17, 15) is 18.5 Å². The molecule has 0 aliphatic rings. The molecule has 0 heterocycles. The number of sulfone groups is 1. The molecule has 1 rings (SSSR count). The number of nitro groups is 1. The summed E-state index contributed by atoms with van der Waals surface area (Å²) in [5.74, 6) is 0. The lowest BCUT2D eigenvalue weighted by Gasteiger charge is -2.13. The number of benzene rings is 1. The molecule has 1 atom stereocenters. The van der Waals surface area contributed by atoms with E-state index in [1.54, 1.807) is 0 Å². The van der Waals surface area contributed by atoms with Gasteiger partial charge in [0.25, 0.3) is 5.69 Å². The second-order valence-electron chi connectivity index (χ2n) is 4.36. The molecule has 0 radical (unpaired) electrons. The van der Waals surface area contributed by atoms with E-state index in [0.29, 0.717) is 13.2 Å². The fraction of sp³-hybridized carbons (Fsp3) is 0.500. The van der Waals surface area contributed by atoms with E-state index in [-0.39, 0.29) is 22.4 Å². The van der Waals surface area contributed by atoms with Gasteiger partial charge in [-0.2, -0.15) is 0 Å². The summed E-state index contributed by atoms with van der Waals surface area (Å²) in [7, 11) is -3.47. The van der Waals surface area contributed by atoms with E-state index in [2.05, 4.69) is 5.32 Å². The smallest absolute Gasteiger partial charge is 0.293 e. The summed E-state index contributed by atoms with van der Waals surface area (Å²) in [6.07, 6.45) is 0.908. The quantitative estimate of drug-likeness (QED) is 0.609. The molecule has 112 valence electrons. The molecule has 1 aromatic carbocycles. The second kappa shape index (κ2) is 6.67. The summed E-state index contributed by atoms with van der Waals surface area (Å²) >= 11 is 0. The fourth-order valence-corrected chi connectivity index (χ4v) is 2.28. The van der Waals surface area contributed by atoms with Crippen molar-refractivity contribution in [2.24, 2.45) is 0 Å². The van der Waals surface area contributed by atoms with Gasteiger partial charge in [-0.25, -0.2) is 8.42 Å². The molecule has 0 amide bonds. The van der Waals surface area contributed by atoms with Gasteiger partial charge in [0, 0.05) is 25.5 Å². The summed E-state index contributed by atoms with van der Waals surface area (Å²) in [5.41, 5.74) is 0.00516. The third-order valence-electron chi connectivity index (χ3n) is 2.63. The standard InChI is InChI=1S/C12H18N2O5S/c1-4-19-9(2)8-13-11-6-5-10(20(3,17)18)7-12(11)14(15)16/h5-7,9,13H,4,8H2,1-3H3. The Bertz CT molecular complexity index is 586. The van der Waals surface area contributed by atoms with Crippen LogP contribution in [0.5, 0.6) is 0 Å². The lowest BCUT2D eigenvalue weighted by molar-refractivity contribution is -0.384. The van der Waals surface area contributed by atoms with Crippen molar-refractivity contribution in [3.8, 4) is 0 Å². The average molecular weight is 302 g/mol. The van der Waals surface area contributed by atoms with Crippen molar-refractivity contribution in [3.63, 3.8) is 0 Å². The van der Waals surface area contributed by atoms with Gasteiger partial charge < -0.3 is 10.1 Å². The Labute approximate surface area is 118 Å². The van der Waals surface area contributed by atoms with E-state index in [1.165, 1.54) is 12.1 Å².